The molecule has 0 amide bonds. The van der Waals surface area contributed by atoms with Gasteiger partial charge >= 0.3 is 9.28 Å². The highest BCUT2D eigenvalue weighted by atomic mass is 28.4. The normalized spacial score (nSPS) is 15.9. The molecule has 6 heteroatoms. The minimum Gasteiger partial charge on any atom is -0.518 e. The lowest BCUT2D eigenvalue weighted by Gasteiger charge is -2.52. The van der Waals surface area contributed by atoms with Crippen LogP contribution < -0.4 is 0 Å². The van der Waals surface area contributed by atoms with Gasteiger partial charge in [-0.2, -0.15) is 0 Å². The van der Waals surface area contributed by atoms with Crippen molar-refractivity contribution in [1.82, 2.24) is 0 Å². The molecule has 0 rings (SSSR count). The van der Waals surface area contributed by atoms with E-state index in [4.69, 9.17) is 13.3 Å². The van der Waals surface area contributed by atoms with E-state index in [1.807, 2.05) is 27.7 Å². The summed E-state index contributed by atoms with van der Waals surface area (Å²) in [7, 11) is -4.26. The molecule has 1 unspecified atom stereocenters. The monoisotopic (exact) mass is 417 g/mol. The van der Waals surface area contributed by atoms with Gasteiger partial charge in [0.15, 0.2) is 0 Å². The molecule has 0 saturated carbocycles. The van der Waals surface area contributed by atoms with Gasteiger partial charge in [0.2, 0.25) is 0 Å². The van der Waals surface area contributed by atoms with Crippen LogP contribution in [0.3, 0.4) is 0 Å². The number of carbonyl (C=O) groups excluding carboxylic acids is 1. The Labute approximate surface area is 171 Å². The van der Waals surface area contributed by atoms with Crippen LogP contribution in [-0.2, 0) is 18.1 Å². The molecular weight excluding hydrogens is 372 g/mol. The van der Waals surface area contributed by atoms with Gasteiger partial charge in [-0.05, 0) is 49.2 Å². The van der Waals surface area contributed by atoms with Crippen LogP contribution >= 0.6 is 0 Å². The van der Waals surface area contributed by atoms with Gasteiger partial charge in [-0.3, -0.25) is 4.79 Å². The highest BCUT2D eigenvalue weighted by molar-refractivity contribution is 6.81. The van der Waals surface area contributed by atoms with Gasteiger partial charge in [0.1, 0.15) is 5.04 Å². The van der Waals surface area contributed by atoms with Crippen molar-refractivity contribution in [3.05, 3.63) is 0 Å². The summed E-state index contributed by atoms with van der Waals surface area (Å²) >= 11 is 0. The fourth-order valence-corrected chi connectivity index (χ4v) is 11.6. The number of carbonyl (C=O) groups is 1. The molecule has 0 aliphatic carbocycles. The van der Waals surface area contributed by atoms with Crippen LogP contribution in [-0.4, -0.2) is 36.8 Å². The van der Waals surface area contributed by atoms with E-state index in [-0.39, 0.29) is 16.0 Å². The summed E-state index contributed by atoms with van der Waals surface area (Å²) in [4.78, 5) is 13.7. The van der Waals surface area contributed by atoms with Gasteiger partial charge in [-0.15, -0.1) is 0 Å². The molecule has 1 radical (unpaired) electrons. The van der Waals surface area contributed by atoms with E-state index in [1.165, 1.54) is 0 Å². The van der Waals surface area contributed by atoms with Crippen LogP contribution in [0.5, 0.6) is 0 Å². The molecule has 0 aliphatic rings. The molecule has 0 heterocycles. The first-order valence-electron chi connectivity index (χ1n) is 10.5. The first-order chi connectivity index (χ1) is 12.1. The van der Waals surface area contributed by atoms with Crippen LogP contribution in [0.25, 0.3) is 0 Å². The molecule has 4 nitrogen and oxygen atoms in total. The Hall–Kier alpha value is -0.176. The molecule has 0 aromatic carbocycles. The van der Waals surface area contributed by atoms with Gasteiger partial charge in [0, 0.05) is 13.2 Å². The topological polar surface area (TPSA) is 44.8 Å². The summed E-state index contributed by atoms with van der Waals surface area (Å²) in [5.41, 5.74) is 0. The molecule has 161 valence electrons. The SMILES string of the molecule is CCO[Si](OCC)C(C)(CC)C(=O)O[Si](CC(C)C)(C(C)(C)C)C(C)(C)C. The third-order valence-electron chi connectivity index (χ3n) is 5.54. The Bertz CT molecular complexity index is 446. The second-order valence-corrected chi connectivity index (χ2v) is 17.7. The molecule has 0 aliphatic heterocycles. The molecule has 1 atom stereocenters. The second-order valence-electron chi connectivity index (χ2n) is 10.2. The molecule has 0 spiro atoms. The fourth-order valence-electron chi connectivity index (χ4n) is 3.93. The van der Waals surface area contributed by atoms with Gasteiger partial charge in [0.25, 0.3) is 14.3 Å². The summed E-state index contributed by atoms with van der Waals surface area (Å²) in [5, 5.41) is -0.851. The molecule has 0 fully saturated rings. The third-order valence-corrected chi connectivity index (χ3v) is 14.9. The van der Waals surface area contributed by atoms with Gasteiger partial charge in [-0.25, -0.2) is 0 Å². The van der Waals surface area contributed by atoms with Crippen molar-refractivity contribution in [1.29, 1.82) is 0 Å². The molecule has 0 N–H and O–H groups in total. The maximum absolute atomic E-state index is 13.7. The number of hydrogen-bond acceptors (Lipinski definition) is 4. The Kier molecular flexibility index (Phi) is 9.97. The predicted octanol–water partition coefficient (Wildman–Crippen LogP) is 6.46. The zero-order valence-corrected chi connectivity index (χ0v) is 22.0. The summed E-state index contributed by atoms with van der Waals surface area (Å²) in [6.45, 7) is 26.9. The molecule has 27 heavy (non-hydrogen) atoms. The predicted molar refractivity (Wildman–Crippen MR) is 119 cm³/mol. The Morgan fingerprint density at radius 2 is 1.30 bits per heavy atom. The van der Waals surface area contributed by atoms with Crippen molar-refractivity contribution in [3.8, 4) is 0 Å². The lowest BCUT2D eigenvalue weighted by atomic mass is 10.1. The molecular formula is C21H45O4Si2. The lowest BCUT2D eigenvalue weighted by molar-refractivity contribution is -0.140. The van der Waals surface area contributed by atoms with Crippen molar-refractivity contribution >= 4 is 23.6 Å². The minimum atomic E-state index is -2.49. The standard InChI is InChI=1S/C21H45O4Si2/c1-13-21(12,26(23-14-2)24-15-3)18(22)25-27(16-17(4)5,19(6,7)8)20(9,10)11/h17H,13-16H2,1-12H3. The lowest BCUT2D eigenvalue weighted by Crippen LogP contribution is -2.58. The van der Waals surface area contributed by atoms with E-state index < -0.39 is 22.6 Å². The minimum absolute atomic E-state index is 0.0655. The largest absolute Gasteiger partial charge is 0.518 e. The van der Waals surface area contributed by atoms with Crippen LogP contribution in [0.4, 0.5) is 0 Å². The van der Waals surface area contributed by atoms with E-state index in [0.717, 1.165) is 6.04 Å². The van der Waals surface area contributed by atoms with E-state index >= 15 is 0 Å². The van der Waals surface area contributed by atoms with Gasteiger partial charge in [-0.1, -0.05) is 62.3 Å². The van der Waals surface area contributed by atoms with Crippen molar-refractivity contribution in [3.63, 3.8) is 0 Å². The highest BCUT2D eigenvalue weighted by Gasteiger charge is 2.60. The highest BCUT2D eigenvalue weighted by Crippen LogP contribution is 2.56. The first-order valence-corrected chi connectivity index (χ1v) is 13.9. The summed E-state index contributed by atoms with van der Waals surface area (Å²) in [6, 6.07) is 0.955. The van der Waals surface area contributed by atoms with Crippen molar-refractivity contribution < 1.29 is 18.1 Å². The number of rotatable bonds is 10. The molecule has 0 bridgehead atoms. The maximum Gasteiger partial charge on any atom is 0.402 e. The summed E-state index contributed by atoms with van der Waals surface area (Å²) < 4.78 is 18.5. The average molecular weight is 418 g/mol. The molecule has 0 saturated heterocycles. The van der Waals surface area contributed by atoms with Crippen molar-refractivity contribution in [2.24, 2.45) is 5.92 Å². The van der Waals surface area contributed by atoms with Gasteiger partial charge in [0.05, 0.1) is 0 Å². The van der Waals surface area contributed by atoms with Crippen LogP contribution in [0.2, 0.25) is 21.2 Å². The van der Waals surface area contributed by atoms with E-state index in [2.05, 4.69) is 55.4 Å². The molecule has 0 aromatic heterocycles. The quantitative estimate of drug-likeness (QED) is 0.382. The zero-order valence-electron chi connectivity index (χ0n) is 20.0. The van der Waals surface area contributed by atoms with Gasteiger partial charge < -0.3 is 13.3 Å². The van der Waals surface area contributed by atoms with Crippen LogP contribution in [0.1, 0.15) is 89.5 Å². The van der Waals surface area contributed by atoms with Crippen LogP contribution in [0, 0.1) is 5.92 Å². The number of hydrogen-bond donors (Lipinski definition) is 0. The van der Waals surface area contributed by atoms with Crippen molar-refractivity contribution in [2.45, 2.75) is 111 Å². The van der Waals surface area contributed by atoms with E-state index in [1.54, 1.807) is 0 Å². The third kappa shape index (κ3) is 6.15. The zero-order chi connectivity index (χ0) is 21.7. The summed E-state index contributed by atoms with van der Waals surface area (Å²) in [6.07, 6.45) is 0.653. The van der Waals surface area contributed by atoms with E-state index in [0.29, 0.717) is 25.6 Å². The Morgan fingerprint density at radius 1 is 0.889 bits per heavy atom. The maximum atomic E-state index is 13.7. The first kappa shape index (κ1) is 26.8. The average Bonchev–Trinajstić information content (AvgIpc) is 2.50. The summed E-state index contributed by atoms with van der Waals surface area (Å²) in [5.74, 6) is 0.345. The second kappa shape index (κ2) is 10.0. The van der Waals surface area contributed by atoms with E-state index in [9.17, 15) is 4.79 Å². The molecule has 0 aromatic rings. The Morgan fingerprint density at radius 3 is 1.56 bits per heavy atom. The van der Waals surface area contributed by atoms with Crippen LogP contribution in [0.15, 0.2) is 0 Å². The smallest absolute Gasteiger partial charge is 0.402 e. The van der Waals surface area contributed by atoms with Crippen molar-refractivity contribution in [2.75, 3.05) is 13.2 Å². The fraction of sp³-hybridized carbons (Fsp3) is 0.952. The Balaban J connectivity index is 6.18.